The number of rotatable bonds is 6. The molecule has 0 radical (unpaired) electrons. The highest BCUT2D eigenvalue weighted by Crippen LogP contribution is 2.29. The Morgan fingerprint density at radius 1 is 1.62 bits per heavy atom. The predicted octanol–water partition coefficient (Wildman–Crippen LogP) is 2.63. The van der Waals surface area contributed by atoms with E-state index in [0.29, 0.717) is 35.4 Å². The summed E-state index contributed by atoms with van der Waals surface area (Å²) >= 11 is 5.92. The Balaban J connectivity index is 2.04. The van der Waals surface area contributed by atoms with Crippen LogP contribution in [0.5, 0.6) is 0 Å². The number of hydrogen-bond donors (Lipinski definition) is 2. The average Bonchev–Trinajstić information content (AvgIpc) is 3.27. The number of halogens is 1. The van der Waals surface area contributed by atoms with Gasteiger partial charge in [0.1, 0.15) is 0 Å². The molecule has 0 spiro atoms. The molecule has 1 aromatic rings. The molecule has 0 heterocycles. The van der Waals surface area contributed by atoms with Gasteiger partial charge in [0.05, 0.1) is 23.5 Å². The van der Waals surface area contributed by atoms with Gasteiger partial charge in [-0.25, -0.2) is 0 Å². The summed E-state index contributed by atoms with van der Waals surface area (Å²) in [6.45, 7) is 2.46. The molecule has 1 saturated carbocycles. The van der Waals surface area contributed by atoms with Crippen LogP contribution in [0.2, 0.25) is 5.02 Å². The fraction of sp³-hybridized carbons (Fsp3) is 0.467. The zero-order chi connectivity index (χ0) is 15.4. The fourth-order valence-corrected chi connectivity index (χ4v) is 2.47. The predicted molar refractivity (Wildman–Crippen MR) is 83.9 cm³/mol. The third-order valence-electron chi connectivity index (χ3n) is 3.65. The lowest BCUT2D eigenvalue weighted by Crippen LogP contribution is -2.43. The molecule has 21 heavy (non-hydrogen) atoms. The van der Waals surface area contributed by atoms with Crippen LogP contribution in [0.1, 0.15) is 26.2 Å². The second-order valence-electron chi connectivity index (χ2n) is 5.27. The van der Waals surface area contributed by atoms with E-state index in [1.807, 2.05) is 6.92 Å². The second-order valence-corrected chi connectivity index (χ2v) is 5.71. The highest BCUT2D eigenvalue weighted by atomic mass is 35.5. The number of hydrogen-bond acceptors (Lipinski definition) is 4. The molecule has 1 atom stereocenters. The molecule has 1 unspecified atom stereocenters. The molecule has 2 rings (SSSR count). The Morgan fingerprint density at radius 2 is 2.33 bits per heavy atom. The van der Waals surface area contributed by atoms with Crippen molar-refractivity contribution in [1.82, 2.24) is 4.90 Å². The van der Waals surface area contributed by atoms with Gasteiger partial charge in [0.25, 0.3) is 0 Å². The Hall–Kier alpha value is -1.77. The highest BCUT2D eigenvalue weighted by Gasteiger charge is 2.34. The summed E-state index contributed by atoms with van der Waals surface area (Å²) in [7, 11) is 0. The van der Waals surface area contributed by atoms with Crippen LogP contribution in [-0.4, -0.2) is 29.4 Å². The van der Waals surface area contributed by atoms with Gasteiger partial charge in [-0.3, -0.25) is 9.69 Å². The van der Waals surface area contributed by atoms with Crippen LogP contribution in [0.4, 0.5) is 11.4 Å². The quantitative estimate of drug-likeness (QED) is 0.792. The van der Waals surface area contributed by atoms with Gasteiger partial charge in [-0.15, -0.1) is 0 Å². The van der Waals surface area contributed by atoms with Crippen molar-refractivity contribution in [3.8, 4) is 6.07 Å². The van der Waals surface area contributed by atoms with E-state index >= 15 is 0 Å². The monoisotopic (exact) mass is 306 g/mol. The highest BCUT2D eigenvalue weighted by molar-refractivity contribution is 6.31. The van der Waals surface area contributed by atoms with Crippen molar-refractivity contribution in [2.75, 3.05) is 17.6 Å². The summed E-state index contributed by atoms with van der Waals surface area (Å²) in [5, 5.41) is 12.1. The SMILES string of the molecule is CC(C(=O)Nc1cc(Cl)ccc1N)N(CCC#N)C1CC1. The van der Waals surface area contributed by atoms with E-state index in [0.717, 1.165) is 12.8 Å². The minimum atomic E-state index is -0.302. The van der Waals surface area contributed by atoms with E-state index in [9.17, 15) is 4.79 Å². The maximum atomic E-state index is 12.4. The number of nitrogens with two attached hydrogens (primary N) is 1. The number of anilines is 2. The lowest BCUT2D eigenvalue weighted by molar-refractivity contribution is -0.121. The number of nitrogen functional groups attached to an aromatic ring is 1. The van der Waals surface area contributed by atoms with Crippen LogP contribution in [-0.2, 0) is 4.79 Å². The number of carbonyl (C=O) groups excluding carboxylic acids is 1. The Bertz CT molecular complexity index is 565. The lowest BCUT2D eigenvalue weighted by atomic mass is 10.2. The third kappa shape index (κ3) is 4.10. The van der Waals surface area contributed by atoms with Crippen molar-refractivity contribution in [1.29, 1.82) is 5.26 Å². The first-order valence-electron chi connectivity index (χ1n) is 7.01. The van der Waals surface area contributed by atoms with E-state index in [-0.39, 0.29) is 11.9 Å². The molecule has 1 aliphatic rings. The van der Waals surface area contributed by atoms with Crippen molar-refractivity contribution in [3.63, 3.8) is 0 Å². The molecule has 0 aliphatic heterocycles. The molecule has 6 heteroatoms. The first-order chi connectivity index (χ1) is 10.0. The molecule has 0 aromatic heterocycles. The zero-order valence-corrected chi connectivity index (χ0v) is 12.7. The van der Waals surface area contributed by atoms with Gasteiger partial charge < -0.3 is 11.1 Å². The molecule has 1 aromatic carbocycles. The van der Waals surface area contributed by atoms with E-state index in [1.54, 1.807) is 18.2 Å². The summed E-state index contributed by atoms with van der Waals surface area (Å²) in [5.41, 5.74) is 6.84. The van der Waals surface area contributed by atoms with Crippen LogP contribution in [0.15, 0.2) is 18.2 Å². The number of nitrogens with zero attached hydrogens (tertiary/aromatic N) is 2. The van der Waals surface area contributed by atoms with Gasteiger partial charge >= 0.3 is 0 Å². The summed E-state index contributed by atoms with van der Waals surface area (Å²) < 4.78 is 0. The van der Waals surface area contributed by atoms with Crippen molar-refractivity contribution in [3.05, 3.63) is 23.2 Å². The fourth-order valence-electron chi connectivity index (χ4n) is 2.30. The van der Waals surface area contributed by atoms with Crippen molar-refractivity contribution < 1.29 is 4.79 Å². The van der Waals surface area contributed by atoms with Gasteiger partial charge in [0, 0.05) is 24.0 Å². The minimum absolute atomic E-state index is 0.131. The average molecular weight is 307 g/mol. The number of nitriles is 1. The summed E-state index contributed by atoms with van der Waals surface area (Å²) in [6, 6.07) is 7.22. The maximum absolute atomic E-state index is 12.4. The van der Waals surface area contributed by atoms with E-state index in [2.05, 4.69) is 16.3 Å². The first-order valence-corrected chi connectivity index (χ1v) is 7.39. The van der Waals surface area contributed by atoms with E-state index < -0.39 is 0 Å². The number of nitrogens with one attached hydrogen (secondary N) is 1. The molecule has 1 amide bonds. The lowest BCUT2D eigenvalue weighted by Gasteiger charge is -2.27. The summed E-state index contributed by atoms with van der Waals surface area (Å²) in [6.07, 6.45) is 2.60. The standard InChI is InChI=1S/C15H19ClN4O/c1-10(20(8-2-7-17)12-4-5-12)15(21)19-14-9-11(16)3-6-13(14)18/h3,6,9-10,12H,2,4-5,8,18H2,1H3,(H,19,21). The van der Waals surface area contributed by atoms with Gasteiger partial charge in [0.2, 0.25) is 5.91 Å². The number of benzene rings is 1. The third-order valence-corrected chi connectivity index (χ3v) is 3.88. The smallest absolute Gasteiger partial charge is 0.241 e. The van der Waals surface area contributed by atoms with Crippen LogP contribution in [0.25, 0.3) is 0 Å². The number of carbonyl (C=O) groups is 1. The molecule has 1 aliphatic carbocycles. The molecular formula is C15H19ClN4O. The van der Waals surface area contributed by atoms with E-state index in [1.165, 1.54) is 0 Å². The first kappa shape index (κ1) is 15.6. The summed E-state index contributed by atoms with van der Waals surface area (Å²) in [5.74, 6) is -0.131. The van der Waals surface area contributed by atoms with Gasteiger partial charge in [0.15, 0.2) is 0 Å². The molecule has 0 bridgehead atoms. The van der Waals surface area contributed by atoms with Crippen LogP contribution in [0, 0.1) is 11.3 Å². The number of amides is 1. The Morgan fingerprint density at radius 3 is 2.95 bits per heavy atom. The topological polar surface area (TPSA) is 82.2 Å². The van der Waals surface area contributed by atoms with Crippen LogP contribution < -0.4 is 11.1 Å². The van der Waals surface area contributed by atoms with Gasteiger partial charge in [-0.05, 0) is 38.0 Å². The van der Waals surface area contributed by atoms with Crippen molar-refractivity contribution in [2.24, 2.45) is 0 Å². The molecule has 5 nitrogen and oxygen atoms in total. The molecule has 112 valence electrons. The Kier molecular flexibility index (Phi) is 5.05. The Labute approximate surface area is 129 Å². The van der Waals surface area contributed by atoms with Crippen LogP contribution >= 0.6 is 11.6 Å². The van der Waals surface area contributed by atoms with Gasteiger partial charge in [-0.1, -0.05) is 11.6 Å². The molecular weight excluding hydrogens is 288 g/mol. The largest absolute Gasteiger partial charge is 0.397 e. The van der Waals surface area contributed by atoms with Crippen molar-refractivity contribution in [2.45, 2.75) is 38.3 Å². The zero-order valence-electron chi connectivity index (χ0n) is 12.0. The van der Waals surface area contributed by atoms with Gasteiger partial charge in [-0.2, -0.15) is 5.26 Å². The molecule has 1 fully saturated rings. The van der Waals surface area contributed by atoms with Crippen LogP contribution in [0.3, 0.4) is 0 Å². The molecule has 3 N–H and O–H groups in total. The normalized spacial score (nSPS) is 15.5. The second kappa shape index (κ2) is 6.79. The van der Waals surface area contributed by atoms with E-state index in [4.69, 9.17) is 22.6 Å². The summed E-state index contributed by atoms with van der Waals surface area (Å²) in [4.78, 5) is 14.5. The molecule has 0 saturated heterocycles. The minimum Gasteiger partial charge on any atom is -0.397 e. The van der Waals surface area contributed by atoms with Crippen molar-refractivity contribution >= 4 is 28.9 Å². The maximum Gasteiger partial charge on any atom is 0.241 e.